The van der Waals surface area contributed by atoms with Crippen molar-refractivity contribution in [2.24, 2.45) is 0 Å². The molecule has 0 amide bonds. The van der Waals surface area contributed by atoms with Crippen molar-refractivity contribution in [3.63, 3.8) is 0 Å². The van der Waals surface area contributed by atoms with Crippen molar-refractivity contribution in [1.82, 2.24) is 19.3 Å². The van der Waals surface area contributed by atoms with E-state index in [4.69, 9.17) is 30.8 Å². The molecule has 8 nitrogen and oxygen atoms in total. The highest BCUT2D eigenvalue weighted by Crippen LogP contribution is 2.36. The standard InChI is InChI=1S/C23H23ClN4O4S/c1-3-32-22(29)16-13-25-28(14-16)23-26-19-12-21(33-17-7-5-4-6-8-17)18(24)11-20(19)27(23)15-31-10-9-30-2/h4-8,11-14H,3,9-10,15H2,1-2H3. The highest BCUT2D eigenvalue weighted by molar-refractivity contribution is 7.99. The number of hydrogen-bond donors (Lipinski definition) is 0. The molecule has 33 heavy (non-hydrogen) atoms. The highest BCUT2D eigenvalue weighted by Gasteiger charge is 2.18. The number of benzene rings is 2. The molecular formula is C23H23ClN4O4S. The minimum atomic E-state index is -0.438. The number of ether oxygens (including phenoxy) is 3. The second kappa shape index (κ2) is 10.8. The predicted molar refractivity (Wildman–Crippen MR) is 126 cm³/mol. The van der Waals surface area contributed by atoms with Crippen LogP contribution in [0.3, 0.4) is 0 Å². The van der Waals surface area contributed by atoms with E-state index in [0.717, 1.165) is 20.8 Å². The summed E-state index contributed by atoms with van der Waals surface area (Å²) in [5, 5.41) is 4.92. The van der Waals surface area contributed by atoms with E-state index in [0.29, 0.717) is 29.7 Å². The zero-order valence-corrected chi connectivity index (χ0v) is 19.8. The Labute approximate surface area is 200 Å². The van der Waals surface area contributed by atoms with Gasteiger partial charge in [0, 0.05) is 23.1 Å². The van der Waals surface area contributed by atoms with E-state index in [9.17, 15) is 4.79 Å². The first-order chi connectivity index (χ1) is 16.1. The first-order valence-electron chi connectivity index (χ1n) is 10.3. The van der Waals surface area contributed by atoms with Gasteiger partial charge in [-0.25, -0.2) is 14.5 Å². The molecule has 4 aromatic rings. The van der Waals surface area contributed by atoms with Gasteiger partial charge in [0.15, 0.2) is 0 Å². The summed E-state index contributed by atoms with van der Waals surface area (Å²) >= 11 is 8.20. The summed E-state index contributed by atoms with van der Waals surface area (Å²) < 4.78 is 19.3. The van der Waals surface area contributed by atoms with Gasteiger partial charge in [0.2, 0.25) is 5.95 Å². The van der Waals surface area contributed by atoms with Gasteiger partial charge in [-0.05, 0) is 31.2 Å². The first-order valence-corrected chi connectivity index (χ1v) is 11.5. The largest absolute Gasteiger partial charge is 0.462 e. The summed E-state index contributed by atoms with van der Waals surface area (Å²) in [5.41, 5.74) is 1.86. The fraction of sp³-hybridized carbons (Fsp3) is 0.261. The lowest BCUT2D eigenvalue weighted by molar-refractivity contribution is 0.0356. The van der Waals surface area contributed by atoms with Crippen LogP contribution in [-0.4, -0.2) is 52.2 Å². The molecule has 172 valence electrons. The second-order valence-corrected chi connectivity index (χ2v) is 8.47. The molecule has 0 radical (unpaired) electrons. The van der Waals surface area contributed by atoms with Gasteiger partial charge in [0.1, 0.15) is 6.73 Å². The topological polar surface area (TPSA) is 80.4 Å². The Balaban J connectivity index is 1.73. The third-order valence-corrected chi connectivity index (χ3v) is 6.19. The summed E-state index contributed by atoms with van der Waals surface area (Å²) in [6.45, 7) is 3.14. The summed E-state index contributed by atoms with van der Waals surface area (Å²) in [7, 11) is 1.62. The number of methoxy groups -OCH3 is 1. The average Bonchev–Trinajstić information content (AvgIpc) is 3.43. The van der Waals surface area contributed by atoms with Crippen molar-refractivity contribution >= 4 is 40.4 Å². The smallest absolute Gasteiger partial charge is 0.341 e. The number of aromatic nitrogens is 4. The molecule has 2 heterocycles. The second-order valence-electron chi connectivity index (χ2n) is 6.95. The predicted octanol–water partition coefficient (Wildman–Crippen LogP) is 4.82. The molecule has 0 spiro atoms. The molecule has 0 atom stereocenters. The van der Waals surface area contributed by atoms with Crippen LogP contribution in [0.25, 0.3) is 17.0 Å². The van der Waals surface area contributed by atoms with E-state index in [1.54, 1.807) is 32.0 Å². The third kappa shape index (κ3) is 5.39. The summed E-state index contributed by atoms with van der Waals surface area (Å²) in [6, 6.07) is 13.8. The zero-order valence-electron chi connectivity index (χ0n) is 18.2. The van der Waals surface area contributed by atoms with Crippen molar-refractivity contribution in [2.75, 3.05) is 26.9 Å². The van der Waals surface area contributed by atoms with Crippen LogP contribution in [0.4, 0.5) is 0 Å². The maximum atomic E-state index is 12.1. The van der Waals surface area contributed by atoms with Gasteiger partial charge < -0.3 is 14.2 Å². The van der Waals surface area contributed by atoms with Gasteiger partial charge in [-0.2, -0.15) is 5.10 Å². The minimum absolute atomic E-state index is 0.214. The van der Waals surface area contributed by atoms with E-state index >= 15 is 0 Å². The molecular weight excluding hydrogens is 464 g/mol. The van der Waals surface area contributed by atoms with Crippen molar-refractivity contribution in [1.29, 1.82) is 0 Å². The lowest BCUT2D eigenvalue weighted by Gasteiger charge is -2.10. The van der Waals surface area contributed by atoms with Crippen LogP contribution < -0.4 is 0 Å². The lowest BCUT2D eigenvalue weighted by atomic mass is 10.3. The van der Waals surface area contributed by atoms with Gasteiger partial charge in [-0.3, -0.25) is 4.57 Å². The van der Waals surface area contributed by atoms with Crippen LogP contribution in [0, 0.1) is 0 Å². The average molecular weight is 487 g/mol. The Bertz CT molecular complexity index is 1240. The molecule has 0 saturated carbocycles. The third-order valence-electron chi connectivity index (χ3n) is 4.70. The Morgan fingerprint density at radius 3 is 2.76 bits per heavy atom. The van der Waals surface area contributed by atoms with Crippen LogP contribution in [0.1, 0.15) is 17.3 Å². The normalized spacial score (nSPS) is 11.2. The fourth-order valence-electron chi connectivity index (χ4n) is 3.16. The number of rotatable bonds is 10. The van der Waals surface area contributed by atoms with Crippen molar-refractivity contribution in [3.8, 4) is 5.95 Å². The van der Waals surface area contributed by atoms with Crippen molar-refractivity contribution < 1.29 is 19.0 Å². The summed E-state index contributed by atoms with van der Waals surface area (Å²) in [6.07, 6.45) is 3.04. The van der Waals surface area contributed by atoms with E-state index in [-0.39, 0.29) is 13.3 Å². The van der Waals surface area contributed by atoms with E-state index < -0.39 is 5.97 Å². The maximum Gasteiger partial charge on any atom is 0.341 e. The SMILES string of the molecule is CCOC(=O)c1cnn(-c2nc3cc(Sc4ccccc4)c(Cl)cc3n2COCCOC)c1. The van der Waals surface area contributed by atoms with E-state index in [1.165, 1.54) is 10.9 Å². The Morgan fingerprint density at radius 1 is 1.18 bits per heavy atom. The molecule has 4 rings (SSSR count). The number of carbonyl (C=O) groups is 1. The number of carbonyl (C=O) groups excluding carboxylic acids is 1. The van der Waals surface area contributed by atoms with Crippen LogP contribution in [-0.2, 0) is 20.9 Å². The number of imidazole rings is 1. The number of hydrogen-bond acceptors (Lipinski definition) is 7. The zero-order chi connectivity index (χ0) is 23.2. The van der Waals surface area contributed by atoms with Gasteiger partial charge in [0.05, 0.1) is 47.6 Å². The molecule has 2 aromatic carbocycles. The fourth-order valence-corrected chi connectivity index (χ4v) is 4.31. The van der Waals surface area contributed by atoms with Crippen molar-refractivity contribution in [2.45, 2.75) is 23.4 Å². The van der Waals surface area contributed by atoms with Crippen LogP contribution in [0.15, 0.2) is 64.6 Å². The molecule has 10 heteroatoms. The van der Waals surface area contributed by atoms with Gasteiger partial charge >= 0.3 is 5.97 Å². The molecule has 0 N–H and O–H groups in total. The van der Waals surface area contributed by atoms with Crippen LogP contribution in [0.5, 0.6) is 0 Å². The summed E-state index contributed by atoms with van der Waals surface area (Å²) in [4.78, 5) is 18.8. The highest BCUT2D eigenvalue weighted by atomic mass is 35.5. The molecule has 0 aliphatic carbocycles. The van der Waals surface area contributed by atoms with Crippen LogP contribution >= 0.6 is 23.4 Å². The monoisotopic (exact) mass is 486 g/mol. The molecule has 2 aromatic heterocycles. The van der Waals surface area contributed by atoms with Gasteiger partial charge in [0.25, 0.3) is 0 Å². The number of halogens is 1. The number of esters is 1. The number of fused-ring (bicyclic) bond motifs is 1. The Hall–Kier alpha value is -2.85. The van der Waals surface area contributed by atoms with Crippen LogP contribution in [0.2, 0.25) is 5.02 Å². The van der Waals surface area contributed by atoms with E-state index in [2.05, 4.69) is 5.10 Å². The molecule has 0 bridgehead atoms. The van der Waals surface area contributed by atoms with Gasteiger partial charge in [-0.1, -0.05) is 41.6 Å². The minimum Gasteiger partial charge on any atom is -0.462 e. The van der Waals surface area contributed by atoms with Crippen molar-refractivity contribution in [3.05, 3.63) is 65.4 Å². The lowest BCUT2D eigenvalue weighted by Crippen LogP contribution is -2.12. The van der Waals surface area contributed by atoms with Gasteiger partial charge in [-0.15, -0.1) is 0 Å². The molecule has 0 fully saturated rings. The first kappa shape index (κ1) is 23.3. The number of nitrogens with zero attached hydrogens (tertiary/aromatic N) is 4. The molecule has 0 aliphatic rings. The Kier molecular flexibility index (Phi) is 7.66. The molecule has 0 saturated heterocycles. The molecule has 0 aliphatic heterocycles. The Morgan fingerprint density at radius 2 is 2.00 bits per heavy atom. The molecule has 0 unspecified atom stereocenters. The maximum absolute atomic E-state index is 12.1. The van der Waals surface area contributed by atoms with E-state index in [1.807, 2.05) is 47.0 Å². The summed E-state index contributed by atoms with van der Waals surface area (Å²) in [5.74, 6) is 0.0586. The quantitative estimate of drug-likeness (QED) is 0.235.